The van der Waals surface area contributed by atoms with Crippen molar-refractivity contribution in [2.45, 2.75) is 77.6 Å². The third-order valence-electron chi connectivity index (χ3n) is 2.99. The van der Waals surface area contributed by atoms with Gasteiger partial charge in [-0.3, -0.25) is 4.55 Å². The van der Waals surface area contributed by atoms with Gasteiger partial charge in [0.1, 0.15) is 0 Å². The molecular formula is C14H29LiO3S. The van der Waals surface area contributed by atoms with Crippen molar-refractivity contribution in [3.63, 3.8) is 0 Å². The van der Waals surface area contributed by atoms with E-state index in [4.69, 9.17) is 4.55 Å². The van der Waals surface area contributed by atoms with E-state index in [1.165, 1.54) is 57.4 Å². The molecule has 0 saturated carbocycles. The number of unbranched alkanes of at least 4 members (excludes halogenated alkanes) is 10. The molecule has 0 heterocycles. The summed E-state index contributed by atoms with van der Waals surface area (Å²) in [5.74, 6) is 0. The molecule has 0 aliphatic carbocycles. The Morgan fingerprint density at radius 2 is 1.26 bits per heavy atom. The second-order valence-electron chi connectivity index (χ2n) is 4.86. The van der Waals surface area contributed by atoms with Crippen LogP contribution in [0.4, 0.5) is 0 Å². The predicted molar refractivity (Wildman–Crippen MR) is 84.3 cm³/mol. The maximum atomic E-state index is 10.4. The molecule has 110 valence electrons. The van der Waals surface area contributed by atoms with Gasteiger partial charge >= 0.3 is 18.9 Å². The molecule has 0 spiro atoms. The molecule has 1 N–H and O–H groups in total. The minimum atomic E-state index is -3.92. The summed E-state index contributed by atoms with van der Waals surface area (Å²) in [5, 5.41) is 0.876. The number of hydrogen-bond donors (Lipinski definition) is 1. The summed E-state index contributed by atoms with van der Waals surface area (Å²) in [4.78, 5) is 0. The van der Waals surface area contributed by atoms with Crippen LogP contribution in [-0.2, 0) is 10.1 Å². The summed E-state index contributed by atoms with van der Waals surface area (Å²) in [6.45, 7) is 2.23. The van der Waals surface area contributed by atoms with Crippen LogP contribution < -0.4 is 0 Å². The molecule has 0 aromatic rings. The van der Waals surface area contributed by atoms with Crippen LogP contribution in [0.25, 0.3) is 0 Å². The van der Waals surface area contributed by atoms with Crippen LogP contribution in [0.15, 0.2) is 11.5 Å². The third kappa shape index (κ3) is 20.7. The molecule has 0 atom stereocenters. The van der Waals surface area contributed by atoms with Crippen LogP contribution in [0.3, 0.4) is 0 Å². The van der Waals surface area contributed by atoms with Gasteiger partial charge in [0.25, 0.3) is 10.1 Å². The van der Waals surface area contributed by atoms with E-state index in [9.17, 15) is 8.42 Å². The zero-order valence-corrected chi connectivity index (χ0v) is 12.4. The molecule has 0 bridgehead atoms. The maximum absolute atomic E-state index is 10.4. The van der Waals surface area contributed by atoms with Gasteiger partial charge in [-0.25, -0.2) is 0 Å². The van der Waals surface area contributed by atoms with E-state index in [1.807, 2.05) is 0 Å². The Hall–Kier alpha value is 0.247. The standard InChI is InChI=1S/C14H28O3S.Li.H/c1-2-3-4-5-6-7-8-9-10-11-12-13-14-18(15,16)17;;/h13-14H,2-12H2,1H3,(H,15,16,17);;. The number of hydrogen-bond acceptors (Lipinski definition) is 2. The minimum absolute atomic E-state index is 0. The average Bonchev–Trinajstić information content (AvgIpc) is 2.29. The van der Waals surface area contributed by atoms with E-state index in [0.29, 0.717) is 0 Å². The Kier molecular flexibility index (Phi) is 16.6. The van der Waals surface area contributed by atoms with E-state index in [2.05, 4.69) is 6.92 Å². The van der Waals surface area contributed by atoms with Gasteiger partial charge in [0.2, 0.25) is 0 Å². The van der Waals surface area contributed by atoms with Crippen LogP contribution in [0.2, 0.25) is 0 Å². The van der Waals surface area contributed by atoms with Crippen molar-refractivity contribution >= 4 is 29.0 Å². The predicted octanol–water partition coefficient (Wildman–Crippen LogP) is 4.05. The summed E-state index contributed by atoms with van der Waals surface area (Å²) in [5.41, 5.74) is 0. The molecule has 3 nitrogen and oxygen atoms in total. The first kappa shape index (κ1) is 21.5. The molecule has 0 rings (SSSR count). The van der Waals surface area contributed by atoms with Crippen molar-refractivity contribution in [2.75, 3.05) is 0 Å². The van der Waals surface area contributed by atoms with E-state index in [1.54, 1.807) is 0 Å². The van der Waals surface area contributed by atoms with Gasteiger partial charge in [-0.05, 0) is 12.8 Å². The molecule has 0 aliphatic heterocycles. The van der Waals surface area contributed by atoms with Crippen LogP contribution >= 0.6 is 0 Å². The fourth-order valence-electron chi connectivity index (χ4n) is 1.94. The molecule has 19 heavy (non-hydrogen) atoms. The quantitative estimate of drug-likeness (QED) is 0.334. The van der Waals surface area contributed by atoms with Crippen LogP contribution in [-0.4, -0.2) is 31.8 Å². The van der Waals surface area contributed by atoms with Crippen molar-refractivity contribution in [3.8, 4) is 0 Å². The normalized spacial score (nSPS) is 11.7. The van der Waals surface area contributed by atoms with Crippen molar-refractivity contribution in [3.05, 3.63) is 11.5 Å². The molecule has 5 heteroatoms. The molecule has 0 radical (unpaired) electrons. The Morgan fingerprint density at radius 1 is 0.842 bits per heavy atom. The fourth-order valence-corrected chi connectivity index (χ4v) is 2.32. The molecular weight excluding hydrogens is 255 g/mol. The van der Waals surface area contributed by atoms with Crippen molar-refractivity contribution < 1.29 is 13.0 Å². The number of rotatable bonds is 12. The van der Waals surface area contributed by atoms with Gasteiger partial charge in [0, 0.05) is 0 Å². The monoisotopic (exact) mass is 284 g/mol. The molecule has 0 aromatic carbocycles. The van der Waals surface area contributed by atoms with Gasteiger partial charge in [-0.15, -0.1) is 0 Å². The number of allylic oxidation sites excluding steroid dienone is 1. The first-order valence-electron chi connectivity index (χ1n) is 7.20. The van der Waals surface area contributed by atoms with Gasteiger partial charge in [-0.1, -0.05) is 70.8 Å². The summed E-state index contributed by atoms with van der Waals surface area (Å²) in [6, 6.07) is 0. The van der Waals surface area contributed by atoms with E-state index in [-0.39, 0.29) is 18.9 Å². The van der Waals surface area contributed by atoms with Gasteiger partial charge in [0.05, 0.1) is 5.41 Å². The van der Waals surface area contributed by atoms with Gasteiger partial charge in [-0.2, -0.15) is 8.42 Å². The van der Waals surface area contributed by atoms with Crippen LogP contribution in [0, 0.1) is 0 Å². The SMILES string of the molecule is CCCCCCCCCCCCC=CS(=O)(=O)O.[LiH]. The molecule has 0 aliphatic rings. The second kappa shape index (κ2) is 14.7. The molecule has 0 fully saturated rings. The van der Waals surface area contributed by atoms with Gasteiger partial charge in [0.15, 0.2) is 0 Å². The Morgan fingerprint density at radius 3 is 1.68 bits per heavy atom. The van der Waals surface area contributed by atoms with Crippen LogP contribution in [0.1, 0.15) is 77.6 Å². The summed E-state index contributed by atoms with van der Waals surface area (Å²) in [7, 11) is -3.92. The van der Waals surface area contributed by atoms with Crippen molar-refractivity contribution in [1.82, 2.24) is 0 Å². The molecule has 0 amide bonds. The summed E-state index contributed by atoms with van der Waals surface area (Å²) < 4.78 is 29.2. The summed E-state index contributed by atoms with van der Waals surface area (Å²) >= 11 is 0. The Bertz CT molecular complexity index is 300. The van der Waals surface area contributed by atoms with E-state index in [0.717, 1.165) is 24.7 Å². The first-order valence-corrected chi connectivity index (χ1v) is 8.70. The van der Waals surface area contributed by atoms with Gasteiger partial charge < -0.3 is 0 Å². The molecule has 0 unspecified atom stereocenters. The van der Waals surface area contributed by atoms with Crippen molar-refractivity contribution in [1.29, 1.82) is 0 Å². The Labute approximate surface area is 131 Å². The topological polar surface area (TPSA) is 54.4 Å². The molecule has 0 aromatic heterocycles. The average molecular weight is 284 g/mol. The van der Waals surface area contributed by atoms with Crippen molar-refractivity contribution in [2.24, 2.45) is 0 Å². The second-order valence-corrected chi connectivity index (χ2v) is 6.16. The van der Waals surface area contributed by atoms with E-state index >= 15 is 0 Å². The molecule has 0 saturated heterocycles. The summed E-state index contributed by atoms with van der Waals surface area (Å²) in [6.07, 6.45) is 15.0. The zero-order chi connectivity index (χ0) is 13.7. The van der Waals surface area contributed by atoms with E-state index < -0.39 is 10.1 Å². The first-order chi connectivity index (χ1) is 8.56. The fraction of sp³-hybridized carbons (Fsp3) is 0.857. The zero-order valence-electron chi connectivity index (χ0n) is 11.6. The van der Waals surface area contributed by atoms with Crippen LogP contribution in [0.5, 0.6) is 0 Å². The third-order valence-corrected chi connectivity index (χ3v) is 3.53. The Balaban J connectivity index is 0.